The smallest absolute Gasteiger partial charge is 0.344 e. The molecule has 0 aliphatic carbocycles. The van der Waals surface area contributed by atoms with Crippen molar-refractivity contribution in [1.82, 2.24) is 5.32 Å². The Morgan fingerprint density at radius 2 is 1.62 bits per heavy atom. The number of carbonyl (C=O) groups is 3. The largest absolute Gasteiger partial charge is 0.481 e. The number of esters is 2. The fourth-order valence-electron chi connectivity index (χ4n) is 2.57. The second-order valence-corrected chi connectivity index (χ2v) is 6.72. The SMILES string of the molecule is COC(=O)c1ccc(CNC(=O)COC(=O)COc2c(C)cc(Cl)cc2C)cc1. The maximum absolute atomic E-state index is 11.8. The molecular weight excluding hydrogens is 398 g/mol. The maximum Gasteiger partial charge on any atom is 0.344 e. The van der Waals surface area contributed by atoms with E-state index in [4.69, 9.17) is 21.1 Å². The molecule has 0 bridgehead atoms. The van der Waals surface area contributed by atoms with E-state index < -0.39 is 24.5 Å². The molecule has 0 saturated heterocycles. The number of amides is 1. The van der Waals surface area contributed by atoms with Crippen LogP contribution in [0.5, 0.6) is 5.75 Å². The molecular formula is C21H22ClNO6. The second kappa shape index (κ2) is 10.5. The Balaban J connectivity index is 1.73. The van der Waals surface area contributed by atoms with Gasteiger partial charge in [-0.2, -0.15) is 0 Å². The molecule has 0 atom stereocenters. The van der Waals surface area contributed by atoms with Crippen LogP contribution in [0.3, 0.4) is 0 Å². The number of ether oxygens (including phenoxy) is 3. The summed E-state index contributed by atoms with van der Waals surface area (Å²) >= 11 is 5.96. The first kappa shape index (κ1) is 22.2. The molecule has 0 aromatic heterocycles. The summed E-state index contributed by atoms with van der Waals surface area (Å²) in [6, 6.07) is 10.1. The average Bonchev–Trinajstić information content (AvgIpc) is 2.69. The molecule has 2 rings (SSSR count). The highest BCUT2D eigenvalue weighted by molar-refractivity contribution is 6.30. The van der Waals surface area contributed by atoms with Crippen LogP contribution in [-0.2, 0) is 25.6 Å². The molecule has 0 aliphatic heterocycles. The number of rotatable bonds is 8. The van der Waals surface area contributed by atoms with Crippen LogP contribution in [0.1, 0.15) is 27.0 Å². The lowest BCUT2D eigenvalue weighted by Crippen LogP contribution is -2.29. The van der Waals surface area contributed by atoms with E-state index in [-0.39, 0.29) is 13.2 Å². The Morgan fingerprint density at radius 3 is 2.21 bits per heavy atom. The molecule has 0 fully saturated rings. The zero-order chi connectivity index (χ0) is 21.4. The van der Waals surface area contributed by atoms with Crippen LogP contribution in [0.4, 0.5) is 0 Å². The first-order valence-corrected chi connectivity index (χ1v) is 9.17. The highest BCUT2D eigenvalue weighted by Gasteiger charge is 2.12. The third-order valence-electron chi connectivity index (χ3n) is 3.99. The number of hydrogen-bond donors (Lipinski definition) is 1. The summed E-state index contributed by atoms with van der Waals surface area (Å²) < 4.78 is 15.0. The van der Waals surface area contributed by atoms with Gasteiger partial charge in [0.15, 0.2) is 13.2 Å². The van der Waals surface area contributed by atoms with Crippen molar-refractivity contribution in [2.24, 2.45) is 0 Å². The summed E-state index contributed by atoms with van der Waals surface area (Å²) in [6.45, 7) is 3.15. The Labute approximate surface area is 173 Å². The van der Waals surface area contributed by atoms with Crippen molar-refractivity contribution in [1.29, 1.82) is 0 Å². The zero-order valence-electron chi connectivity index (χ0n) is 16.4. The summed E-state index contributed by atoms with van der Waals surface area (Å²) in [6.07, 6.45) is 0. The molecule has 0 radical (unpaired) electrons. The molecule has 1 N–H and O–H groups in total. The third kappa shape index (κ3) is 6.80. The fourth-order valence-corrected chi connectivity index (χ4v) is 2.90. The van der Waals surface area contributed by atoms with Crippen LogP contribution in [0, 0.1) is 13.8 Å². The highest BCUT2D eigenvalue weighted by atomic mass is 35.5. The monoisotopic (exact) mass is 419 g/mol. The topological polar surface area (TPSA) is 90.9 Å². The third-order valence-corrected chi connectivity index (χ3v) is 4.21. The second-order valence-electron chi connectivity index (χ2n) is 6.28. The average molecular weight is 420 g/mol. The van der Waals surface area contributed by atoms with E-state index in [0.717, 1.165) is 16.7 Å². The Bertz CT molecular complexity index is 872. The lowest BCUT2D eigenvalue weighted by molar-refractivity contribution is -0.150. The van der Waals surface area contributed by atoms with Gasteiger partial charge >= 0.3 is 11.9 Å². The first-order valence-electron chi connectivity index (χ1n) is 8.79. The van der Waals surface area contributed by atoms with E-state index in [1.165, 1.54) is 7.11 Å². The van der Waals surface area contributed by atoms with E-state index in [1.807, 2.05) is 13.8 Å². The van der Waals surface area contributed by atoms with Gasteiger partial charge < -0.3 is 19.5 Å². The summed E-state index contributed by atoms with van der Waals surface area (Å²) in [4.78, 5) is 35.0. The van der Waals surface area contributed by atoms with Gasteiger partial charge in [0.1, 0.15) is 5.75 Å². The van der Waals surface area contributed by atoms with Crippen molar-refractivity contribution >= 4 is 29.4 Å². The number of carbonyl (C=O) groups excluding carboxylic acids is 3. The quantitative estimate of drug-likeness (QED) is 0.661. The molecule has 2 aromatic rings. The van der Waals surface area contributed by atoms with Crippen LogP contribution in [-0.4, -0.2) is 38.2 Å². The highest BCUT2D eigenvalue weighted by Crippen LogP contribution is 2.26. The van der Waals surface area contributed by atoms with Gasteiger partial charge in [-0.3, -0.25) is 4.79 Å². The fraction of sp³-hybridized carbons (Fsp3) is 0.286. The summed E-state index contributed by atoms with van der Waals surface area (Å²) in [5.41, 5.74) is 2.81. The molecule has 0 heterocycles. The summed E-state index contributed by atoms with van der Waals surface area (Å²) in [7, 11) is 1.31. The minimum absolute atomic E-state index is 0.234. The van der Waals surface area contributed by atoms with Gasteiger partial charge in [-0.1, -0.05) is 23.7 Å². The zero-order valence-corrected chi connectivity index (χ0v) is 17.2. The van der Waals surface area contributed by atoms with Crippen LogP contribution in [0.15, 0.2) is 36.4 Å². The van der Waals surface area contributed by atoms with Crippen LogP contribution >= 0.6 is 11.6 Å². The van der Waals surface area contributed by atoms with E-state index in [9.17, 15) is 14.4 Å². The predicted octanol–water partition coefficient (Wildman–Crippen LogP) is 2.98. The lowest BCUT2D eigenvalue weighted by Gasteiger charge is -2.12. The molecule has 7 nitrogen and oxygen atoms in total. The lowest BCUT2D eigenvalue weighted by atomic mass is 10.1. The summed E-state index contributed by atoms with van der Waals surface area (Å²) in [5.74, 6) is -0.976. The van der Waals surface area contributed by atoms with E-state index in [2.05, 4.69) is 10.1 Å². The minimum Gasteiger partial charge on any atom is -0.481 e. The predicted molar refractivity (Wildman–Crippen MR) is 107 cm³/mol. The molecule has 0 saturated carbocycles. The number of hydrogen-bond acceptors (Lipinski definition) is 6. The number of nitrogens with one attached hydrogen (secondary N) is 1. The van der Waals surface area contributed by atoms with Crippen LogP contribution in [0.25, 0.3) is 0 Å². The van der Waals surface area contributed by atoms with Crippen molar-refractivity contribution in [2.45, 2.75) is 20.4 Å². The van der Waals surface area contributed by atoms with Crippen molar-refractivity contribution < 1.29 is 28.6 Å². The molecule has 154 valence electrons. The van der Waals surface area contributed by atoms with Gasteiger partial charge in [0.05, 0.1) is 12.7 Å². The number of methoxy groups -OCH3 is 1. The van der Waals surface area contributed by atoms with Crippen LogP contribution < -0.4 is 10.1 Å². The van der Waals surface area contributed by atoms with Gasteiger partial charge in [0.2, 0.25) is 0 Å². The van der Waals surface area contributed by atoms with Gasteiger partial charge in [-0.05, 0) is 54.8 Å². The van der Waals surface area contributed by atoms with Crippen molar-refractivity contribution in [3.63, 3.8) is 0 Å². The van der Waals surface area contributed by atoms with Gasteiger partial charge in [-0.15, -0.1) is 0 Å². The van der Waals surface area contributed by atoms with Crippen molar-refractivity contribution in [3.8, 4) is 5.75 Å². The number of halogens is 1. The Hall–Kier alpha value is -3.06. The molecule has 8 heteroatoms. The van der Waals surface area contributed by atoms with Gasteiger partial charge in [0, 0.05) is 11.6 Å². The number of benzene rings is 2. The number of aryl methyl sites for hydroxylation is 2. The van der Waals surface area contributed by atoms with Gasteiger partial charge in [-0.25, -0.2) is 9.59 Å². The molecule has 1 amide bonds. The molecule has 0 spiro atoms. The standard InChI is InChI=1S/C21H22ClNO6/c1-13-8-17(22)9-14(2)20(13)29-12-19(25)28-11-18(24)23-10-15-4-6-16(7-5-15)21(26)27-3/h4-9H,10-12H2,1-3H3,(H,23,24). The summed E-state index contributed by atoms with van der Waals surface area (Å²) in [5, 5.41) is 3.22. The Morgan fingerprint density at radius 1 is 1.00 bits per heavy atom. The van der Waals surface area contributed by atoms with Crippen LogP contribution in [0.2, 0.25) is 5.02 Å². The van der Waals surface area contributed by atoms with Crippen molar-refractivity contribution in [2.75, 3.05) is 20.3 Å². The van der Waals surface area contributed by atoms with E-state index in [0.29, 0.717) is 16.3 Å². The van der Waals surface area contributed by atoms with E-state index in [1.54, 1.807) is 36.4 Å². The minimum atomic E-state index is -0.656. The molecule has 29 heavy (non-hydrogen) atoms. The van der Waals surface area contributed by atoms with Gasteiger partial charge in [0.25, 0.3) is 5.91 Å². The van der Waals surface area contributed by atoms with Crippen molar-refractivity contribution in [3.05, 3.63) is 63.7 Å². The normalized spacial score (nSPS) is 10.2. The van der Waals surface area contributed by atoms with E-state index >= 15 is 0 Å². The molecule has 0 unspecified atom stereocenters. The molecule has 2 aromatic carbocycles. The molecule has 0 aliphatic rings. The Kier molecular flexibility index (Phi) is 8.03. The first-order chi connectivity index (χ1) is 13.8. The maximum atomic E-state index is 11.8.